The van der Waals surface area contributed by atoms with E-state index in [0.29, 0.717) is 23.6 Å². The molecule has 0 bridgehead atoms. The number of rotatable bonds is 11. The Hall–Kier alpha value is -4.47. The molecule has 4 unspecified atom stereocenters. The first-order valence-electron chi connectivity index (χ1n) is 16.1. The van der Waals surface area contributed by atoms with Crippen LogP contribution in [-0.2, 0) is 29.1 Å². The zero-order valence-electron chi connectivity index (χ0n) is 28.9. The number of hydrogen-bond acceptors (Lipinski definition) is 10. The molecule has 0 spiro atoms. The molecule has 49 heavy (non-hydrogen) atoms. The van der Waals surface area contributed by atoms with Crippen molar-refractivity contribution in [3.8, 4) is 5.88 Å². The van der Waals surface area contributed by atoms with Gasteiger partial charge in [0.05, 0.1) is 22.6 Å². The number of alkyl carbamates (subject to hydrolysis) is 1. The number of nitrogens with one attached hydrogen (secondary N) is 4. The Bertz CT molecular complexity index is 1790. The Labute approximate surface area is 285 Å². The van der Waals surface area contributed by atoms with Crippen molar-refractivity contribution in [3.63, 3.8) is 0 Å². The molecule has 2 aromatic rings. The summed E-state index contributed by atoms with van der Waals surface area (Å²) in [5.41, 5.74) is -3.86. The van der Waals surface area contributed by atoms with Gasteiger partial charge in [0.2, 0.25) is 27.7 Å². The Kier molecular flexibility index (Phi) is 10.5. The Morgan fingerprint density at radius 3 is 2.29 bits per heavy atom. The van der Waals surface area contributed by atoms with E-state index in [1.807, 2.05) is 0 Å². The zero-order chi connectivity index (χ0) is 36.5. The summed E-state index contributed by atoms with van der Waals surface area (Å²) in [6.07, 6.45) is 0.397. The number of nitrogens with zero attached hydrogens (tertiary/aromatic N) is 2. The number of ether oxygens (including phenoxy) is 2. The minimum Gasteiger partial charge on any atom is -0.471 e. The standard InChI is InChI=1S/C33H46N6O9S/c1-9-16-33(8,29(43)38-49(45,46)20-14-15-20)35-26(41)23-17-19(47-27-22-13-11-10-12-21(22)25(40)36-37-27)18-39(23)28(42)24(31(2,3)4)34-30(44)48-32(5,6)7/h9-13,19-20,23-24H,1,14-18H2,2-8H3,(H,34,44)(H,35,41)(H,36,40)(H,38,43). The van der Waals surface area contributed by atoms with E-state index in [4.69, 9.17) is 9.47 Å². The molecule has 1 aliphatic carbocycles. The summed E-state index contributed by atoms with van der Waals surface area (Å²) in [5, 5.41) is 11.8. The maximum Gasteiger partial charge on any atom is 0.408 e. The first kappa shape index (κ1) is 37.4. The summed E-state index contributed by atoms with van der Waals surface area (Å²) in [6.45, 7) is 15.2. The van der Waals surface area contributed by atoms with E-state index < -0.39 is 79.4 Å². The number of carbonyl (C=O) groups is 4. The summed E-state index contributed by atoms with van der Waals surface area (Å²) in [6, 6.07) is 4.28. The van der Waals surface area contributed by atoms with Gasteiger partial charge in [-0.2, -0.15) is 0 Å². The lowest BCUT2D eigenvalue weighted by Crippen LogP contribution is -2.62. The lowest BCUT2D eigenvalue weighted by Gasteiger charge is -2.36. The third kappa shape index (κ3) is 8.96. The van der Waals surface area contributed by atoms with E-state index >= 15 is 0 Å². The minimum atomic E-state index is -3.94. The number of carbonyl (C=O) groups excluding carboxylic acids is 4. The Balaban J connectivity index is 1.67. The van der Waals surface area contributed by atoms with Crippen LogP contribution in [0.2, 0.25) is 0 Å². The molecule has 4 N–H and O–H groups in total. The molecular weight excluding hydrogens is 656 g/mol. The van der Waals surface area contributed by atoms with E-state index in [2.05, 4.69) is 32.1 Å². The molecule has 268 valence electrons. The summed E-state index contributed by atoms with van der Waals surface area (Å²) in [7, 11) is -3.94. The molecule has 2 aliphatic rings. The second kappa shape index (κ2) is 13.8. The molecule has 15 nitrogen and oxygen atoms in total. The van der Waals surface area contributed by atoms with Crippen molar-refractivity contribution in [3.05, 3.63) is 47.3 Å². The van der Waals surface area contributed by atoms with Gasteiger partial charge in [0.1, 0.15) is 29.3 Å². The molecule has 2 fully saturated rings. The van der Waals surface area contributed by atoms with E-state index in [9.17, 15) is 32.4 Å². The van der Waals surface area contributed by atoms with Crippen LogP contribution in [0.4, 0.5) is 4.79 Å². The number of fused-ring (bicyclic) bond motifs is 1. The van der Waals surface area contributed by atoms with Gasteiger partial charge in [-0.15, -0.1) is 11.7 Å². The lowest BCUT2D eigenvalue weighted by atomic mass is 9.85. The topological polar surface area (TPSA) is 206 Å². The molecule has 16 heteroatoms. The van der Waals surface area contributed by atoms with Crippen LogP contribution in [0, 0.1) is 5.41 Å². The van der Waals surface area contributed by atoms with Crippen LogP contribution in [0.5, 0.6) is 5.88 Å². The summed E-state index contributed by atoms with van der Waals surface area (Å²) in [4.78, 5) is 68.3. The van der Waals surface area contributed by atoms with Gasteiger partial charge in [-0.25, -0.2) is 18.3 Å². The van der Waals surface area contributed by atoms with Gasteiger partial charge in [0.25, 0.3) is 11.5 Å². The van der Waals surface area contributed by atoms with Gasteiger partial charge in [0.15, 0.2) is 0 Å². The second-order valence-corrected chi connectivity index (χ2v) is 16.8. The van der Waals surface area contributed by atoms with Crippen LogP contribution in [0.1, 0.15) is 74.1 Å². The Morgan fingerprint density at radius 2 is 1.71 bits per heavy atom. The molecular formula is C33H46N6O9S. The number of amides is 4. The van der Waals surface area contributed by atoms with Crippen molar-refractivity contribution in [2.75, 3.05) is 6.54 Å². The molecule has 0 radical (unpaired) electrons. The highest BCUT2D eigenvalue weighted by atomic mass is 32.2. The fourth-order valence-corrected chi connectivity index (χ4v) is 6.91. The van der Waals surface area contributed by atoms with E-state index in [0.717, 1.165) is 0 Å². The van der Waals surface area contributed by atoms with Gasteiger partial charge >= 0.3 is 6.09 Å². The number of likely N-dealkylation sites (tertiary alicyclic amines) is 1. The van der Waals surface area contributed by atoms with Crippen molar-refractivity contribution in [2.45, 2.75) is 109 Å². The van der Waals surface area contributed by atoms with Crippen molar-refractivity contribution >= 4 is 44.6 Å². The number of benzene rings is 1. The van der Waals surface area contributed by atoms with E-state index in [1.165, 1.54) is 17.9 Å². The molecule has 1 aliphatic heterocycles. The minimum absolute atomic E-state index is 0.0673. The maximum absolute atomic E-state index is 14.3. The van der Waals surface area contributed by atoms with Gasteiger partial charge in [-0.1, -0.05) is 39.0 Å². The fourth-order valence-electron chi connectivity index (χ4n) is 5.50. The molecule has 1 aromatic heterocycles. The van der Waals surface area contributed by atoms with Crippen LogP contribution in [0.3, 0.4) is 0 Å². The molecule has 4 rings (SSSR count). The van der Waals surface area contributed by atoms with Crippen molar-refractivity contribution < 1.29 is 37.1 Å². The third-order valence-corrected chi connectivity index (χ3v) is 10.0. The highest BCUT2D eigenvalue weighted by Gasteiger charge is 2.49. The van der Waals surface area contributed by atoms with E-state index in [1.54, 1.807) is 65.8 Å². The summed E-state index contributed by atoms with van der Waals surface area (Å²) >= 11 is 0. The summed E-state index contributed by atoms with van der Waals surface area (Å²) < 4.78 is 38.9. The average Bonchev–Trinajstić information content (AvgIpc) is 3.77. The van der Waals surface area contributed by atoms with Crippen LogP contribution >= 0.6 is 0 Å². The second-order valence-electron chi connectivity index (χ2n) is 14.8. The van der Waals surface area contributed by atoms with Crippen molar-refractivity contribution in [1.82, 2.24) is 30.5 Å². The maximum atomic E-state index is 14.3. The highest BCUT2D eigenvalue weighted by molar-refractivity contribution is 7.91. The monoisotopic (exact) mass is 702 g/mol. The van der Waals surface area contributed by atoms with Gasteiger partial charge in [-0.3, -0.25) is 23.9 Å². The predicted octanol–water partition coefficient (Wildman–Crippen LogP) is 2.27. The number of aromatic nitrogens is 2. The zero-order valence-corrected chi connectivity index (χ0v) is 29.7. The lowest BCUT2D eigenvalue weighted by molar-refractivity contribution is -0.143. The van der Waals surface area contributed by atoms with Gasteiger partial charge in [-0.05, 0) is 64.5 Å². The largest absolute Gasteiger partial charge is 0.471 e. The number of H-pyrrole nitrogens is 1. The van der Waals surface area contributed by atoms with Crippen LogP contribution in [0.25, 0.3) is 10.8 Å². The molecule has 1 saturated heterocycles. The molecule has 2 heterocycles. The van der Waals surface area contributed by atoms with E-state index in [-0.39, 0.29) is 25.3 Å². The van der Waals surface area contributed by atoms with Gasteiger partial charge in [0, 0.05) is 6.42 Å². The normalized spacial score (nSPS) is 20.1. The quantitative estimate of drug-likeness (QED) is 0.251. The summed E-state index contributed by atoms with van der Waals surface area (Å²) in [5.74, 6) is -2.24. The molecule has 1 aromatic carbocycles. The number of sulfonamides is 1. The van der Waals surface area contributed by atoms with Crippen LogP contribution < -0.4 is 25.7 Å². The fraction of sp³-hybridized carbons (Fsp3) is 0.576. The molecule has 4 atom stereocenters. The highest BCUT2D eigenvalue weighted by Crippen LogP contribution is 2.31. The molecule has 1 saturated carbocycles. The first-order chi connectivity index (χ1) is 22.6. The number of aromatic amines is 1. The van der Waals surface area contributed by atoms with Crippen LogP contribution in [0.15, 0.2) is 41.7 Å². The molecule has 4 amide bonds. The third-order valence-electron chi connectivity index (χ3n) is 8.21. The van der Waals surface area contributed by atoms with Crippen molar-refractivity contribution in [2.24, 2.45) is 5.41 Å². The van der Waals surface area contributed by atoms with Gasteiger partial charge < -0.3 is 25.0 Å². The first-order valence-corrected chi connectivity index (χ1v) is 17.6. The Morgan fingerprint density at radius 1 is 1.08 bits per heavy atom. The predicted molar refractivity (Wildman–Crippen MR) is 181 cm³/mol. The van der Waals surface area contributed by atoms with Crippen LogP contribution in [-0.4, -0.2) is 88.5 Å². The van der Waals surface area contributed by atoms with Crippen molar-refractivity contribution in [1.29, 1.82) is 0 Å². The smallest absolute Gasteiger partial charge is 0.408 e. The number of hydrogen-bond donors (Lipinski definition) is 4. The SMILES string of the molecule is C=CCC(C)(NC(=O)C1CC(Oc2n[nH]c(=O)c3ccccc23)CN1C(=O)C(NC(=O)OC(C)(C)C)C(C)(C)C)C(=O)NS(=O)(=O)C1CC1. The average molecular weight is 703 g/mol.